The number of carbonyl (C=O) groups is 2. The van der Waals surface area contributed by atoms with Crippen LogP contribution < -0.4 is 9.47 Å². The van der Waals surface area contributed by atoms with E-state index in [1.807, 2.05) is 25.1 Å². The fraction of sp³-hybridized carbons (Fsp3) is 0.463. The molecule has 0 saturated carbocycles. The first-order chi connectivity index (χ1) is 22.4. The molecule has 0 amide bonds. The van der Waals surface area contributed by atoms with Gasteiger partial charge in [0.05, 0.1) is 6.61 Å². The molecule has 1 heterocycles. The first kappa shape index (κ1) is 33.0. The first-order valence-electron chi connectivity index (χ1n) is 17.1. The average molecular weight is 636 g/mol. The Bertz CT molecular complexity index is 1720. The number of methoxy groups -OCH3 is 1. The van der Waals surface area contributed by atoms with Gasteiger partial charge in [-0.15, -0.1) is 0 Å². The van der Waals surface area contributed by atoms with Crippen LogP contribution in [-0.2, 0) is 20.9 Å². The van der Waals surface area contributed by atoms with E-state index < -0.39 is 5.92 Å². The van der Waals surface area contributed by atoms with E-state index in [4.69, 9.17) is 14.2 Å². The smallest absolute Gasteiger partial charge is 0.162 e. The van der Waals surface area contributed by atoms with Crippen LogP contribution in [0.5, 0.6) is 11.5 Å². The van der Waals surface area contributed by atoms with Gasteiger partial charge in [-0.2, -0.15) is 0 Å². The van der Waals surface area contributed by atoms with Crippen LogP contribution in [0, 0.1) is 17.8 Å². The van der Waals surface area contributed by atoms with Crippen molar-refractivity contribution in [3.05, 3.63) is 93.8 Å². The second-order valence-electron chi connectivity index (χ2n) is 15.0. The molecule has 0 fully saturated rings. The molecule has 6 rings (SSSR count). The Kier molecular flexibility index (Phi) is 9.10. The van der Waals surface area contributed by atoms with E-state index in [0.717, 1.165) is 59.5 Å². The van der Waals surface area contributed by atoms with E-state index in [0.29, 0.717) is 44.2 Å². The van der Waals surface area contributed by atoms with Crippen molar-refractivity contribution >= 4 is 22.3 Å². The molecule has 6 nitrogen and oxygen atoms in total. The van der Waals surface area contributed by atoms with Crippen LogP contribution >= 0.6 is 0 Å². The molecular formula is C41H49NO5. The monoisotopic (exact) mass is 635 g/mol. The molecule has 0 radical (unpaired) electrons. The van der Waals surface area contributed by atoms with Crippen LogP contribution in [0.4, 0.5) is 0 Å². The zero-order valence-electron chi connectivity index (χ0n) is 29.1. The van der Waals surface area contributed by atoms with E-state index in [1.165, 1.54) is 16.3 Å². The Balaban J connectivity index is 1.45. The summed E-state index contributed by atoms with van der Waals surface area (Å²) in [5, 5.41) is 2.36. The zero-order chi connectivity index (χ0) is 33.5. The van der Waals surface area contributed by atoms with Crippen molar-refractivity contribution < 1.29 is 23.8 Å². The highest BCUT2D eigenvalue weighted by Gasteiger charge is 2.49. The summed E-state index contributed by atoms with van der Waals surface area (Å²) in [5.41, 5.74) is 6.58. The second-order valence-corrected chi connectivity index (χ2v) is 15.0. The summed E-state index contributed by atoms with van der Waals surface area (Å²) in [6, 6.07) is 18.6. The topological polar surface area (TPSA) is 65.1 Å². The van der Waals surface area contributed by atoms with Gasteiger partial charge in [0.1, 0.15) is 6.61 Å². The van der Waals surface area contributed by atoms with Crippen molar-refractivity contribution in [1.29, 1.82) is 0 Å². The number of nitrogens with zero attached hydrogens (tertiary/aromatic N) is 1. The van der Waals surface area contributed by atoms with E-state index in [-0.39, 0.29) is 22.4 Å². The number of benzene rings is 3. The SMILES string of the molecule is CCOc1cc(C2C3=C(CC(C)(C)CC3=O)N(CCCOC)C3=C2C(=O)CC(C)(C)C3)ccc1OCc1c(C)ccc2ccccc12. The average Bonchev–Trinajstić information content (AvgIpc) is 3.00. The molecule has 3 aromatic rings. The quantitative estimate of drug-likeness (QED) is 0.208. The summed E-state index contributed by atoms with van der Waals surface area (Å²) in [5.74, 6) is 1.11. The third kappa shape index (κ3) is 6.49. The molecule has 3 aromatic carbocycles. The molecule has 6 heteroatoms. The molecule has 1 aliphatic heterocycles. The standard InChI is InChI=1S/C41H49NO5/c1-8-46-36-20-28(16-17-35(36)47-25-30-26(2)14-15-27-12-9-10-13-29(27)30)37-38-31(21-40(3,4)23-33(38)43)42(18-11-19-45-7)32-22-41(5,6)24-34(44)39(32)37/h9-10,12-17,20,37H,8,11,18-19,21-25H2,1-7H3. The van der Waals surface area contributed by atoms with Crippen molar-refractivity contribution in [1.82, 2.24) is 4.90 Å². The molecule has 248 valence electrons. The van der Waals surface area contributed by atoms with Gasteiger partial charge < -0.3 is 19.1 Å². The highest BCUT2D eigenvalue weighted by Crippen LogP contribution is 2.55. The van der Waals surface area contributed by atoms with Gasteiger partial charge in [-0.05, 0) is 78.0 Å². The predicted molar refractivity (Wildman–Crippen MR) is 187 cm³/mol. The molecule has 0 N–H and O–H groups in total. The van der Waals surface area contributed by atoms with Crippen LogP contribution in [0.1, 0.15) is 89.3 Å². The number of ketones is 2. The van der Waals surface area contributed by atoms with Crippen molar-refractivity contribution in [2.75, 3.05) is 26.9 Å². The number of hydrogen-bond acceptors (Lipinski definition) is 6. The van der Waals surface area contributed by atoms with Crippen molar-refractivity contribution in [3.8, 4) is 11.5 Å². The van der Waals surface area contributed by atoms with E-state index >= 15 is 0 Å². The zero-order valence-corrected chi connectivity index (χ0v) is 29.1. The third-order valence-corrected chi connectivity index (χ3v) is 10.00. The molecule has 0 saturated heterocycles. The number of ether oxygens (including phenoxy) is 3. The minimum absolute atomic E-state index is 0.131. The summed E-state index contributed by atoms with van der Waals surface area (Å²) < 4.78 is 18.1. The molecule has 47 heavy (non-hydrogen) atoms. The van der Waals surface area contributed by atoms with Gasteiger partial charge >= 0.3 is 0 Å². The Morgan fingerprint density at radius 3 is 2.11 bits per heavy atom. The van der Waals surface area contributed by atoms with Gasteiger partial charge in [-0.3, -0.25) is 9.59 Å². The van der Waals surface area contributed by atoms with Crippen molar-refractivity contribution in [2.45, 2.75) is 86.2 Å². The predicted octanol–water partition coefficient (Wildman–Crippen LogP) is 8.85. The largest absolute Gasteiger partial charge is 0.490 e. The summed E-state index contributed by atoms with van der Waals surface area (Å²) >= 11 is 0. The fourth-order valence-electron chi connectivity index (χ4n) is 7.90. The van der Waals surface area contributed by atoms with Crippen molar-refractivity contribution in [2.24, 2.45) is 10.8 Å². The lowest BCUT2D eigenvalue weighted by molar-refractivity contribution is -0.119. The van der Waals surface area contributed by atoms with E-state index in [9.17, 15) is 9.59 Å². The Morgan fingerprint density at radius 2 is 1.47 bits per heavy atom. The number of Topliss-reactive ketones (excluding diaryl/α,β-unsaturated/α-hetero) is 2. The van der Waals surface area contributed by atoms with Gasteiger partial charge in [0.25, 0.3) is 0 Å². The van der Waals surface area contributed by atoms with Crippen LogP contribution in [0.25, 0.3) is 10.8 Å². The van der Waals surface area contributed by atoms with E-state index in [1.54, 1.807) is 7.11 Å². The van der Waals surface area contributed by atoms with Gasteiger partial charge in [0, 0.05) is 67.1 Å². The normalized spacial score (nSPS) is 19.3. The number of allylic oxidation sites excluding steroid dienone is 4. The van der Waals surface area contributed by atoms with Crippen LogP contribution in [-0.4, -0.2) is 43.3 Å². The van der Waals surface area contributed by atoms with Gasteiger partial charge in [-0.25, -0.2) is 0 Å². The highest BCUT2D eigenvalue weighted by molar-refractivity contribution is 6.06. The lowest BCUT2D eigenvalue weighted by Crippen LogP contribution is -2.44. The minimum atomic E-state index is -0.431. The molecule has 0 spiro atoms. The molecule has 0 bridgehead atoms. The van der Waals surface area contributed by atoms with Crippen LogP contribution in [0.15, 0.2) is 77.1 Å². The summed E-state index contributed by atoms with van der Waals surface area (Å²) in [4.78, 5) is 30.7. The van der Waals surface area contributed by atoms with Crippen LogP contribution in [0.3, 0.4) is 0 Å². The second kappa shape index (κ2) is 13.0. The maximum atomic E-state index is 14.2. The number of carbonyl (C=O) groups excluding carboxylic acids is 2. The Morgan fingerprint density at radius 1 is 0.809 bits per heavy atom. The lowest BCUT2D eigenvalue weighted by Gasteiger charge is -2.49. The third-order valence-electron chi connectivity index (χ3n) is 10.00. The van der Waals surface area contributed by atoms with E-state index in [2.05, 4.69) is 75.9 Å². The van der Waals surface area contributed by atoms with Crippen molar-refractivity contribution in [3.63, 3.8) is 0 Å². The highest BCUT2D eigenvalue weighted by atomic mass is 16.5. The molecule has 0 unspecified atom stereocenters. The number of fused-ring (bicyclic) bond motifs is 1. The molecule has 0 atom stereocenters. The number of hydrogen-bond donors (Lipinski definition) is 0. The van der Waals surface area contributed by atoms with Crippen LogP contribution in [0.2, 0.25) is 0 Å². The molecule has 3 aliphatic rings. The van der Waals surface area contributed by atoms with Gasteiger partial charge in [0.2, 0.25) is 0 Å². The maximum absolute atomic E-state index is 14.2. The Hall–Kier alpha value is -3.90. The number of aryl methyl sites for hydroxylation is 1. The molecular weight excluding hydrogens is 586 g/mol. The lowest BCUT2D eigenvalue weighted by atomic mass is 9.63. The summed E-state index contributed by atoms with van der Waals surface area (Å²) in [6.07, 6.45) is 3.30. The Labute approximate surface area is 279 Å². The summed E-state index contributed by atoms with van der Waals surface area (Å²) in [7, 11) is 1.72. The first-order valence-corrected chi connectivity index (χ1v) is 17.1. The molecule has 0 aromatic heterocycles. The fourth-order valence-corrected chi connectivity index (χ4v) is 7.90. The summed E-state index contributed by atoms with van der Waals surface area (Å²) in [6.45, 7) is 15.0. The van der Waals surface area contributed by atoms with Gasteiger partial charge in [0.15, 0.2) is 23.1 Å². The molecule has 2 aliphatic carbocycles. The maximum Gasteiger partial charge on any atom is 0.162 e. The minimum Gasteiger partial charge on any atom is -0.490 e. The van der Waals surface area contributed by atoms with Gasteiger partial charge in [-0.1, -0.05) is 70.2 Å². The number of rotatable bonds is 10.